The number of aliphatic hydroxyl groups excluding tert-OH is 1. The first-order chi connectivity index (χ1) is 9.54. The summed E-state index contributed by atoms with van der Waals surface area (Å²) in [7, 11) is 0. The molecule has 1 aliphatic rings. The second kappa shape index (κ2) is 7.15. The van der Waals surface area contributed by atoms with Gasteiger partial charge in [-0.05, 0) is 25.7 Å². The Morgan fingerprint density at radius 1 is 1.35 bits per heavy atom. The molecule has 0 aliphatic carbocycles. The molecule has 1 aliphatic heterocycles. The van der Waals surface area contributed by atoms with Gasteiger partial charge in [-0.1, -0.05) is 19.0 Å². The van der Waals surface area contributed by atoms with Crippen LogP contribution >= 0.6 is 0 Å². The average Bonchev–Trinajstić information content (AvgIpc) is 2.87. The molecule has 20 heavy (non-hydrogen) atoms. The van der Waals surface area contributed by atoms with E-state index in [1.807, 2.05) is 6.92 Å². The van der Waals surface area contributed by atoms with Crippen LogP contribution in [0.5, 0.6) is 0 Å². The zero-order chi connectivity index (χ0) is 14.5. The van der Waals surface area contributed by atoms with E-state index in [9.17, 15) is 5.11 Å². The van der Waals surface area contributed by atoms with E-state index < -0.39 is 0 Å². The normalized spacial score (nSPS) is 19.6. The zero-order valence-corrected chi connectivity index (χ0v) is 12.6. The molecule has 0 saturated carbocycles. The largest absolute Gasteiger partial charge is 0.393 e. The van der Waals surface area contributed by atoms with Crippen LogP contribution in [0.2, 0.25) is 0 Å². The van der Waals surface area contributed by atoms with Gasteiger partial charge in [-0.25, -0.2) is 0 Å². The van der Waals surface area contributed by atoms with Crippen molar-refractivity contribution in [2.24, 2.45) is 5.92 Å². The van der Waals surface area contributed by atoms with Crippen LogP contribution < -0.4 is 0 Å². The number of likely N-dealkylation sites (tertiary alicyclic amines) is 1. The van der Waals surface area contributed by atoms with E-state index >= 15 is 0 Å². The fourth-order valence-corrected chi connectivity index (χ4v) is 2.18. The number of hydrogen-bond acceptors (Lipinski definition) is 6. The highest BCUT2D eigenvalue weighted by Crippen LogP contribution is 2.17. The van der Waals surface area contributed by atoms with Crippen molar-refractivity contribution in [1.29, 1.82) is 0 Å². The van der Waals surface area contributed by atoms with Gasteiger partial charge in [0.1, 0.15) is 6.10 Å². The number of aliphatic hydroxyl groups is 1. The maximum absolute atomic E-state index is 9.48. The summed E-state index contributed by atoms with van der Waals surface area (Å²) in [4.78, 5) is 6.62. The highest BCUT2D eigenvalue weighted by molar-refractivity contribution is 4.90. The molecule has 2 rings (SSSR count). The molecule has 6 nitrogen and oxygen atoms in total. The van der Waals surface area contributed by atoms with Gasteiger partial charge in [-0.2, -0.15) is 4.98 Å². The van der Waals surface area contributed by atoms with Gasteiger partial charge in [-0.15, -0.1) is 0 Å². The molecule has 1 fully saturated rings. The third kappa shape index (κ3) is 4.54. The fourth-order valence-electron chi connectivity index (χ4n) is 2.18. The second-order valence-electron chi connectivity index (χ2n) is 5.92. The molecule has 0 amide bonds. The number of ether oxygens (including phenoxy) is 1. The van der Waals surface area contributed by atoms with Crippen LogP contribution in [0.3, 0.4) is 0 Å². The van der Waals surface area contributed by atoms with Gasteiger partial charge < -0.3 is 14.4 Å². The minimum atomic E-state index is -0.158. The molecule has 0 spiro atoms. The minimum Gasteiger partial charge on any atom is -0.393 e. The summed E-state index contributed by atoms with van der Waals surface area (Å²) in [5.41, 5.74) is 0. The Morgan fingerprint density at radius 2 is 2.05 bits per heavy atom. The van der Waals surface area contributed by atoms with Crippen molar-refractivity contribution in [3.8, 4) is 0 Å². The van der Waals surface area contributed by atoms with Crippen LogP contribution in [0, 0.1) is 5.92 Å². The lowest BCUT2D eigenvalue weighted by Crippen LogP contribution is -2.35. The zero-order valence-electron chi connectivity index (χ0n) is 12.6. The molecule has 1 atom stereocenters. The lowest BCUT2D eigenvalue weighted by molar-refractivity contribution is 0.0402. The van der Waals surface area contributed by atoms with Crippen molar-refractivity contribution in [3.05, 3.63) is 11.7 Å². The first-order valence-electron chi connectivity index (χ1n) is 7.39. The molecular weight excluding hydrogens is 258 g/mol. The maximum Gasteiger partial charge on any atom is 0.240 e. The number of rotatable bonds is 6. The lowest BCUT2D eigenvalue weighted by Gasteiger charge is -2.27. The van der Waals surface area contributed by atoms with E-state index in [1.165, 1.54) is 0 Å². The van der Waals surface area contributed by atoms with Gasteiger partial charge in [0.15, 0.2) is 5.82 Å². The summed E-state index contributed by atoms with van der Waals surface area (Å²) in [5.74, 6) is 1.72. The summed E-state index contributed by atoms with van der Waals surface area (Å²) in [5, 5.41) is 13.5. The van der Waals surface area contributed by atoms with E-state index in [1.54, 1.807) is 0 Å². The molecule has 1 aromatic heterocycles. The van der Waals surface area contributed by atoms with Gasteiger partial charge in [0.2, 0.25) is 5.89 Å². The minimum absolute atomic E-state index is 0.141. The summed E-state index contributed by atoms with van der Waals surface area (Å²) < 4.78 is 11.0. The van der Waals surface area contributed by atoms with Gasteiger partial charge in [-0.3, -0.25) is 4.90 Å². The number of nitrogens with zero attached hydrogens (tertiary/aromatic N) is 3. The Kier molecular flexibility index (Phi) is 5.51. The fraction of sp³-hybridized carbons (Fsp3) is 0.857. The maximum atomic E-state index is 9.48. The first-order valence-corrected chi connectivity index (χ1v) is 7.39. The third-order valence-electron chi connectivity index (χ3n) is 3.44. The van der Waals surface area contributed by atoms with Crippen molar-refractivity contribution in [2.45, 2.75) is 52.4 Å². The predicted molar refractivity (Wildman–Crippen MR) is 74.0 cm³/mol. The van der Waals surface area contributed by atoms with Gasteiger partial charge >= 0.3 is 0 Å². The van der Waals surface area contributed by atoms with Crippen LogP contribution in [0.4, 0.5) is 0 Å². The molecule has 2 heterocycles. The van der Waals surface area contributed by atoms with Gasteiger partial charge in [0, 0.05) is 19.7 Å². The molecule has 114 valence electrons. The SMILES string of the molecule is CC(C)COC(C)c1noc(CN2CCC(O)CC2)n1. The number of piperidine rings is 1. The van der Waals surface area contributed by atoms with Crippen LogP contribution in [0.1, 0.15) is 51.4 Å². The predicted octanol–water partition coefficient (Wildman–Crippen LogP) is 1.76. The van der Waals surface area contributed by atoms with Crippen LogP contribution in [0.15, 0.2) is 4.52 Å². The Labute approximate surface area is 120 Å². The molecule has 1 saturated heterocycles. The van der Waals surface area contributed by atoms with E-state index in [4.69, 9.17) is 9.26 Å². The molecule has 1 aromatic rings. The molecule has 0 aromatic carbocycles. The van der Waals surface area contributed by atoms with E-state index in [-0.39, 0.29) is 12.2 Å². The number of aromatic nitrogens is 2. The van der Waals surface area contributed by atoms with Crippen molar-refractivity contribution in [2.75, 3.05) is 19.7 Å². The van der Waals surface area contributed by atoms with E-state index in [0.29, 0.717) is 30.8 Å². The summed E-state index contributed by atoms with van der Waals surface area (Å²) >= 11 is 0. The molecule has 0 bridgehead atoms. The van der Waals surface area contributed by atoms with Crippen molar-refractivity contribution in [1.82, 2.24) is 15.0 Å². The highest BCUT2D eigenvalue weighted by Gasteiger charge is 2.20. The quantitative estimate of drug-likeness (QED) is 0.857. The van der Waals surface area contributed by atoms with Crippen LogP contribution in [-0.4, -0.2) is 45.9 Å². The van der Waals surface area contributed by atoms with Crippen LogP contribution in [-0.2, 0) is 11.3 Å². The van der Waals surface area contributed by atoms with E-state index in [0.717, 1.165) is 25.9 Å². The Balaban J connectivity index is 1.82. The Bertz CT molecular complexity index is 400. The average molecular weight is 283 g/mol. The Morgan fingerprint density at radius 3 is 2.70 bits per heavy atom. The molecule has 1 N–H and O–H groups in total. The molecule has 1 unspecified atom stereocenters. The first kappa shape index (κ1) is 15.4. The van der Waals surface area contributed by atoms with Gasteiger partial charge in [0.05, 0.1) is 12.6 Å². The van der Waals surface area contributed by atoms with Gasteiger partial charge in [0.25, 0.3) is 0 Å². The molecule has 6 heteroatoms. The molecular formula is C14H25N3O3. The Hall–Kier alpha value is -0.980. The van der Waals surface area contributed by atoms with Crippen molar-refractivity contribution < 1.29 is 14.4 Å². The van der Waals surface area contributed by atoms with Crippen LogP contribution in [0.25, 0.3) is 0 Å². The number of hydrogen-bond donors (Lipinski definition) is 1. The lowest BCUT2D eigenvalue weighted by atomic mass is 10.1. The monoisotopic (exact) mass is 283 g/mol. The summed E-state index contributed by atoms with van der Waals surface area (Å²) in [6, 6.07) is 0. The molecule has 0 radical (unpaired) electrons. The van der Waals surface area contributed by atoms with Crippen molar-refractivity contribution in [3.63, 3.8) is 0 Å². The standard InChI is InChI=1S/C14H25N3O3/c1-10(2)9-19-11(3)14-15-13(20-16-14)8-17-6-4-12(18)5-7-17/h10-12,18H,4-9H2,1-3H3. The smallest absolute Gasteiger partial charge is 0.240 e. The second-order valence-corrected chi connectivity index (χ2v) is 5.92. The highest BCUT2D eigenvalue weighted by atomic mass is 16.5. The summed E-state index contributed by atoms with van der Waals surface area (Å²) in [6.45, 7) is 9.24. The van der Waals surface area contributed by atoms with E-state index in [2.05, 4.69) is 28.9 Å². The third-order valence-corrected chi connectivity index (χ3v) is 3.44. The van der Waals surface area contributed by atoms with Crippen molar-refractivity contribution >= 4 is 0 Å². The summed E-state index contributed by atoms with van der Waals surface area (Å²) in [6.07, 6.45) is 1.33. The topological polar surface area (TPSA) is 71.6 Å².